The second kappa shape index (κ2) is 10.8. The number of rotatable bonds is 9. The number of carbonyl (C=O) groups excluding carboxylic acids is 1. The van der Waals surface area contributed by atoms with Gasteiger partial charge in [0.15, 0.2) is 11.5 Å². The molecular weight excluding hydrogens is 382 g/mol. The lowest BCUT2D eigenvalue weighted by Crippen LogP contribution is -2.33. The third-order valence-electron chi connectivity index (χ3n) is 5.14. The molecule has 7 heteroatoms. The van der Waals surface area contributed by atoms with Gasteiger partial charge in [0, 0.05) is 12.6 Å². The van der Waals surface area contributed by atoms with Gasteiger partial charge in [0.1, 0.15) is 0 Å². The summed E-state index contributed by atoms with van der Waals surface area (Å²) in [6.07, 6.45) is 5.49. The van der Waals surface area contributed by atoms with Crippen LogP contribution in [0, 0.1) is 0 Å². The van der Waals surface area contributed by atoms with Crippen molar-refractivity contribution in [2.45, 2.75) is 58.9 Å². The minimum Gasteiger partial charge on any atom is -0.490 e. The van der Waals surface area contributed by atoms with Crippen LogP contribution < -0.4 is 20.3 Å². The average Bonchev–Trinajstić information content (AvgIpc) is 2.95. The lowest BCUT2D eigenvalue weighted by molar-refractivity contribution is -0.120. The van der Waals surface area contributed by atoms with E-state index < -0.39 is 0 Å². The Morgan fingerprint density at radius 3 is 2.63 bits per heavy atom. The average molecular weight is 414 g/mol. The molecule has 2 aromatic rings. The minimum atomic E-state index is -0.107. The first-order valence-electron chi connectivity index (χ1n) is 10.9. The highest BCUT2D eigenvalue weighted by Gasteiger charge is 2.13. The second-order valence-electron chi connectivity index (χ2n) is 7.41. The molecule has 1 aliphatic carbocycles. The van der Waals surface area contributed by atoms with E-state index in [4.69, 9.17) is 9.47 Å². The fourth-order valence-corrected chi connectivity index (χ4v) is 3.69. The van der Waals surface area contributed by atoms with Crippen molar-refractivity contribution in [3.05, 3.63) is 51.4 Å². The third kappa shape index (κ3) is 5.84. The molecule has 1 amide bonds. The molecule has 0 aliphatic heterocycles. The maximum Gasteiger partial charge on any atom is 0.267 e. The van der Waals surface area contributed by atoms with E-state index in [1.54, 1.807) is 6.07 Å². The summed E-state index contributed by atoms with van der Waals surface area (Å²) < 4.78 is 12.6. The highest BCUT2D eigenvalue weighted by atomic mass is 16.5. The number of nitrogens with zero attached hydrogens (tertiary/aromatic N) is 2. The van der Waals surface area contributed by atoms with Crippen LogP contribution >= 0.6 is 0 Å². The van der Waals surface area contributed by atoms with Crippen molar-refractivity contribution in [1.82, 2.24) is 15.1 Å². The largest absolute Gasteiger partial charge is 0.490 e. The van der Waals surface area contributed by atoms with E-state index in [0.717, 1.165) is 42.5 Å². The van der Waals surface area contributed by atoms with Gasteiger partial charge in [-0.25, -0.2) is 4.68 Å². The Hall–Kier alpha value is -2.83. The predicted molar refractivity (Wildman–Crippen MR) is 115 cm³/mol. The van der Waals surface area contributed by atoms with Crippen LogP contribution in [-0.4, -0.2) is 35.4 Å². The molecule has 0 bridgehead atoms. The molecule has 0 spiro atoms. The Morgan fingerprint density at radius 2 is 1.83 bits per heavy atom. The van der Waals surface area contributed by atoms with Crippen molar-refractivity contribution in [1.29, 1.82) is 0 Å². The van der Waals surface area contributed by atoms with Gasteiger partial charge in [-0.1, -0.05) is 12.5 Å². The molecule has 7 nitrogen and oxygen atoms in total. The Kier molecular flexibility index (Phi) is 7.88. The monoisotopic (exact) mass is 413 g/mol. The van der Waals surface area contributed by atoms with Gasteiger partial charge in [-0.05, 0) is 62.8 Å². The SMILES string of the molecule is CCOc1ccc(CC(=O)NCCn2nc3c(cc2=O)CCCCC3)cc1OCC. The molecule has 1 N–H and O–H groups in total. The van der Waals surface area contributed by atoms with Crippen molar-refractivity contribution in [3.8, 4) is 11.5 Å². The molecule has 1 aromatic heterocycles. The summed E-state index contributed by atoms with van der Waals surface area (Å²) in [5, 5.41) is 7.42. The van der Waals surface area contributed by atoms with Crippen LogP contribution in [0.2, 0.25) is 0 Å². The first kappa shape index (κ1) is 21.9. The zero-order valence-corrected chi connectivity index (χ0v) is 17.9. The molecule has 0 saturated carbocycles. The van der Waals surface area contributed by atoms with Crippen molar-refractivity contribution in [2.75, 3.05) is 19.8 Å². The first-order chi connectivity index (χ1) is 14.6. The van der Waals surface area contributed by atoms with Gasteiger partial charge in [-0.3, -0.25) is 9.59 Å². The maximum absolute atomic E-state index is 12.4. The number of amides is 1. The Balaban J connectivity index is 1.56. The maximum atomic E-state index is 12.4. The summed E-state index contributed by atoms with van der Waals surface area (Å²) in [4.78, 5) is 24.7. The van der Waals surface area contributed by atoms with Crippen molar-refractivity contribution in [2.24, 2.45) is 0 Å². The van der Waals surface area contributed by atoms with Gasteiger partial charge in [-0.15, -0.1) is 0 Å². The van der Waals surface area contributed by atoms with Gasteiger partial charge >= 0.3 is 0 Å². The molecular formula is C23H31N3O4. The van der Waals surface area contributed by atoms with Gasteiger partial charge < -0.3 is 14.8 Å². The van der Waals surface area contributed by atoms with E-state index in [1.807, 2.05) is 32.0 Å². The standard InChI is InChI=1S/C23H31N3O4/c1-3-29-20-11-10-17(14-21(20)30-4-2)15-22(27)24-12-13-26-23(28)16-18-8-6-5-7-9-19(18)25-26/h10-11,14,16H,3-9,12-13,15H2,1-2H3,(H,24,27). The van der Waals surface area contributed by atoms with Crippen LogP contribution in [0.15, 0.2) is 29.1 Å². The normalized spacial score (nSPS) is 13.3. The number of nitrogens with one attached hydrogen (secondary N) is 1. The summed E-state index contributed by atoms with van der Waals surface area (Å²) in [6.45, 7) is 5.63. The molecule has 162 valence electrons. The van der Waals surface area contributed by atoms with Crippen molar-refractivity contribution in [3.63, 3.8) is 0 Å². The number of hydrogen-bond acceptors (Lipinski definition) is 5. The molecule has 0 unspecified atom stereocenters. The zero-order valence-electron chi connectivity index (χ0n) is 17.9. The second-order valence-corrected chi connectivity index (χ2v) is 7.41. The van der Waals surface area contributed by atoms with Crippen LogP contribution in [-0.2, 0) is 30.6 Å². The zero-order chi connectivity index (χ0) is 21.3. The summed E-state index contributed by atoms with van der Waals surface area (Å²) in [7, 11) is 0. The molecule has 1 heterocycles. The Bertz CT molecular complexity index is 923. The quantitative estimate of drug-likeness (QED) is 0.639. The first-order valence-corrected chi connectivity index (χ1v) is 10.9. The summed E-state index contributed by atoms with van der Waals surface area (Å²) in [6, 6.07) is 7.25. The molecule has 0 radical (unpaired) electrons. The Morgan fingerprint density at radius 1 is 1.07 bits per heavy atom. The summed E-state index contributed by atoms with van der Waals surface area (Å²) in [5.74, 6) is 1.21. The van der Waals surface area contributed by atoms with Crippen LogP contribution in [0.3, 0.4) is 0 Å². The smallest absolute Gasteiger partial charge is 0.267 e. The lowest BCUT2D eigenvalue weighted by Gasteiger charge is -2.13. The number of carbonyl (C=O) groups is 1. The molecule has 1 aliphatic rings. The molecule has 0 saturated heterocycles. The molecule has 1 aromatic carbocycles. The van der Waals surface area contributed by atoms with E-state index in [0.29, 0.717) is 37.8 Å². The van der Waals surface area contributed by atoms with E-state index >= 15 is 0 Å². The fraction of sp³-hybridized carbons (Fsp3) is 0.522. The molecule has 30 heavy (non-hydrogen) atoms. The fourth-order valence-electron chi connectivity index (χ4n) is 3.69. The van der Waals surface area contributed by atoms with Gasteiger partial charge in [0.2, 0.25) is 5.91 Å². The van der Waals surface area contributed by atoms with Gasteiger partial charge in [-0.2, -0.15) is 5.10 Å². The third-order valence-corrected chi connectivity index (χ3v) is 5.14. The minimum absolute atomic E-state index is 0.0993. The number of benzene rings is 1. The number of aromatic nitrogens is 2. The highest BCUT2D eigenvalue weighted by molar-refractivity contribution is 5.78. The number of fused-ring (bicyclic) bond motifs is 1. The summed E-state index contributed by atoms with van der Waals surface area (Å²) in [5.41, 5.74) is 2.85. The number of ether oxygens (including phenoxy) is 2. The van der Waals surface area contributed by atoms with Gasteiger partial charge in [0.25, 0.3) is 5.56 Å². The van der Waals surface area contributed by atoms with Crippen LogP contribution in [0.4, 0.5) is 0 Å². The summed E-state index contributed by atoms with van der Waals surface area (Å²) >= 11 is 0. The van der Waals surface area contributed by atoms with E-state index in [9.17, 15) is 9.59 Å². The van der Waals surface area contributed by atoms with E-state index in [-0.39, 0.29) is 17.9 Å². The van der Waals surface area contributed by atoms with Crippen LogP contribution in [0.1, 0.15) is 49.9 Å². The van der Waals surface area contributed by atoms with Gasteiger partial charge in [0.05, 0.1) is 31.9 Å². The highest BCUT2D eigenvalue weighted by Crippen LogP contribution is 2.28. The molecule has 0 atom stereocenters. The van der Waals surface area contributed by atoms with Crippen LogP contribution in [0.5, 0.6) is 11.5 Å². The van der Waals surface area contributed by atoms with Crippen LogP contribution in [0.25, 0.3) is 0 Å². The predicted octanol–water partition coefficient (Wildman–Crippen LogP) is 2.67. The van der Waals surface area contributed by atoms with Crippen molar-refractivity contribution < 1.29 is 14.3 Å². The number of hydrogen-bond donors (Lipinski definition) is 1. The molecule has 3 rings (SSSR count). The Labute approximate surface area is 177 Å². The van der Waals surface area contributed by atoms with E-state index in [1.165, 1.54) is 11.1 Å². The van der Waals surface area contributed by atoms with Crippen molar-refractivity contribution >= 4 is 5.91 Å². The topological polar surface area (TPSA) is 82.5 Å². The van der Waals surface area contributed by atoms with E-state index in [2.05, 4.69) is 10.4 Å². The molecule has 0 fully saturated rings. The lowest BCUT2D eigenvalue weighted by atomic mass is 10.1. The number of aryl methyl sites for hydroxylation is 2.